The molecule has 1 aromatic heterocycles. The van der Waals surface area contributed by atoms with Crippen LogP contribution in [0.3, 0.4) is 0 Å². The van der Waals surface area contributed by atoms with Crippen molar-refractivity contribution in [2.45, 2.75) is 25.4 Å². The molecular weight excluding hydrogens is 312 g/mol. The van der Waals surface area contributed by atoms with Crippen molar-refractivity contribution in [3.05, 3.63) is 40.0 Å². The highest BCUT2D eigenvalue weighted by Crippen LogP contribution is 2.38. The normalized spacial score (nSPS) is 14.4. The maximum atomic E-state index is 10.6. The zero-order valence-electron chi connectivity index (χ0n) is 10.0. The van der Waals surface area contributed by atoms with Gasteiger partial charge in [-0.2, -0.15) is 4.98 Å². The third-order valence-electron chi connectivity index (χ3n) is 2.86. The Kier molecular flexibility index (Phi) is 3.33. The van der Waals surface area contributed by atoms with Crippen molar-refractivity contribution in [1.82, 2.24) is 10.1 Å². The Labute approximate surface area is 118 Å². The number of aldehydes is 1. The molecule has 1 aliphatic carbocycles. The Morgan fingerprint density at radius 1 is 1.47 bits per heavy atom. The molecule has 0 aliphatic heterocycles. The SMILES string of the molecule is O=Cc1ccc(OCc2noc(C3CC3)n2)c(Br)c1. The van der Waals surface area contributed by atoms with Gasteiger partial charge in [0.25, 0.3) is 0 Å². The van der Waals surface area contributed by atoms with Crippen molar-refractivity contribution < 1.29 is 14.1 Å². The highest BCUT2D eigenvalue weighted by Gasteiger charge is 2.29. The van der Waals surface area contributed by atoms with E-state index in [2.05, 4.69) is 26.1 Å². The van der Waals surface area contributed by atoms with Gasteiger partial charge in [0.1, 0.15) is 12.0 Å². The lowest BCUT2D eigenvalue weighted by molar-refractivity contribution is 0.112. The van der Waals surface area contributed by atoms with Gasteiger partial charge in [-0.3, -0.25) is 4.79 Å². The summed E-state index contributed by atoms with van der Waals surface area (Å²) in [5.74, 6) is 2.32. The Bertz CT molecular complexity index is 608. The monoisotopic (exact) mass is 322 g/mol. The van der Waals surface area contributed by atoms with E-state index in [1.807, 2.05) is 0 Å². The summed E-state index contributed by atoms with van der Waals surface area (Å²) in [6, 6.07) is 5.13. The first-order valence-electron chi connectivity index (χ1n) is 5.96. The Hall–Kier alpha value is -1.69. The second-order valence-electron chi connectivity index (χ2n) is 4.42. The Morgan fingerprint density at radius 3 is 3.00 bits per heavy atom. The molecule has 0 bridgehead atoms. The predicted octanol–water partition coefficient (Wildman–Crippen LogP) is 3.10. The van der Waals surface area contributed by atoms with Crippen molar-refractivity contribution >= 4 is 22.2 Å². The molecule has 19 heavy (non-hydrogen) atoms. The second kappa shape index (κ2) is 5.13. The smallest absolute Gasteiger partial charge is 0.229 e. The van der Waals surface area contributed by atoms with Gasteiger partial charge in [-0.15, -0.1) is 0 Å². The van der Waals surface area contributed by atoms with Crippen LogP contribution in [0.15, 0.2) is 27.2 Å². The molecular formula is C13H11BrN2O3. The van der Waals surface area contributed by atoms with E-state index < -0.39 is 0 Å². The van der Waals surface area contributed by atoms with Gasteiger partial charge in [0.2, 0.25) is 11.7 Å². The number of rotatable bonds is 5. The van der Waals surface area contributed by atoms with Crippen LogP contribution in [0.2, 0.25) is 0 Å². The number of halogens is 1. The number of ether oxygens (including phenoxy) is 1. The molecule has 0 radical (unpaired) electrons. The van der Waals surface area contributed by atoms with Gasteiger partial charge in [-0.25, -0.2) is 0 Å². The quantitative estimate of drug-likeness (QED) is 0.791. The minimum atomic E-state index is 0.245. The molecule has 1 aliphatic rings. The summed E-state index contributed by atoms with van der Waals surface area (Å²) in [5.41, 5.74) is 0.592. The number of hydrogen-bond acceptors (Lipinski definition) is 5. The lowest BCUT2D eigenvalue weighted by Crippen LogP contribution is -1.98. The van der Waals surface area contributed by atoms with E-state index in [9.17, 15) is 4.79 Å². The number of aromatic nitrogens is 2. The first kappa shape index (κ1) is 12.3. The molecule has 1 heterocycles. The predicted molar refractivity (Wildman–Crippen MR) is 70.1 cm³/mol. The summed E-state index contributed by atoms with van der Waals surface area (Å²) in [7, 11) is 0. The fourth-order valence-electron chi connectivity index (χ4n) is 1.67. The van der Waals surface area contributed by atoms with Crippen LogP contribution in [0, 0.1) is 0 Å². The first-order valence-corrected chi connectivity index (χ1v) is 6.75. The van der Waals surface area contributed by atoms with E-state index in [0.29, 0.717) is 28.9 Å². The maximum absolute atomic E-state index is 10.6. The summed E-state index contributed by atoms with van der Waals surface area (Å²) in [5, 5.41) is 3.87. The summed E-state index contributed by atoms with van der Waals surface area (Å²) >= 11 is 3.35. The molecule has 98 valence electrons. The third-order valence-corrected chi connectivity index (χ3v) is 3.48. The van der Waals surface area contributed by atoms with E-state index in [-0.39, 0.29) is 6.61 Å². The van der Waals surface area contributed by atoms with Crippen LogP contribution in [0.25, 0.3) is 0 Å². The van der Waals surface area contributed by atoms with E-state index in [4.69, 9.17) is 9.26 Å². The van der Waals surface area contributed by atoms with Crippen LogP contribution >= 0.6 is 15.9 Å². The van der Waals surface area contributed by atoms with Gasteiger partial charge in [-0.1, -0.05) is 5.16 Å². The number of carbonyl (C=O) groups excluding carboxylic acids is 1. The van der Waals surface area contributed by atoms with E-state index in [1.54, 1.807) is 18.2 Å². The van der Waals surface area contributed by atoms with Crippen LogP contribution in [0.4, 0.5) is 0 Å². The van der Waals surface area contributed by atoms with Crippen LogP contribution in [0.1, 0.15) is 40.8 Å². The molecule has 3 rings (SSSR count). The van der Waals surface area contributed by atoms with Gasteiger partial charge >= 0.3 is 0 Å². The third kappa shape index (κ3) is 2.84. The summed E-state index contributed by atoms with van der Waals surface area (Å²) in [6.07, 6.45) is 3.04. The lowest BCUT2D eigenvalue weighted by atomic mass is 10.2. The molecule has 1 aromatic carbocycles. The van der Waals surface area contributed by atoms with E-state index >= 15 is 0 Å². The number of hydrogen-bond donors (Lipinski definition) is 0. The van der Waals surface area contributed by atoms with Gasteiger partial charge < -0.3 is 9.26 Å². The maximum Gasteiger partial charge on any atom is 0.229 e. The zero-order valence-corrected chi connectivity index (χ0v) is 11.6. The van der Waals surface area contributed by atoms with Crippen molar-refractivity contribution in [3.63, 3.8) is 0 Å². The average molecular weight is 323 g/mol. The molecule has 6 heteroatoms. The van der Waals surface area contributed by atoms with Crippen LogP contribution in [0.5, 0.6) is 5.75 Å². The van der Waals surface area contributed by atoms with Crippen molar-refractivity contribution in [3.8, 4) is 5.75 Å². The Balaban J connectivity index is 1.65. The Morgan fingerprint density at radius 2 is 2.32 bits per heavy atom. The van der Waals surface area contributed by atoms with Crippen LogP contribution in [-0.2, 0) is 6.61 Å². The van der Waals surface area contributed by atoms with Gasteiger partial charge in [0.15, 0.2) is 6.61 Å². The molecule has 1 saturated carbocycles. The largest absolute Gasteiger partial charge is 0.484 e. The first-order chi connectivity index (χ1) is 9.26. The number of nitrogens with zero attached hydrogens (tertiary/aromatic N) is 2. The molecule has 5 nitrogen and oxygen atoms in total. The minimum Gasteiger partial charge on any atom is -0.484 e. The number of benzene rings is 1. The molecule has 0 N–H and O–H groups in total. The molecule has 1 fully saturated rings. The molecule has 0 atom stereocenters. The fraction of sp³-hybridized carbons (Fsp3) is 0.308. The highest BCUT2D eigenvalue weighted by molar-refractivity contribution is 9.10. The van der Waals surface area contributed by atoms with Crippen molar-refractivity contribution in [2.24, 2.45) is 0 Å². The van der Waals surface area contributed by atoms with Gasteiger partial charge in [-0.05, 0) is 47.0 Å². The fourth-order valence-corrected chi connectivity index (χ4v) is 2.18. The highest BCUT2D eigenvalue weighted by atomic mass is 79.9. The molecule has 2 aromatic rings. The van der Waals surface area contributed by atoms with Crippen molar-refractivity contribution in [1.29, 1.82) is 0 Å². The van der Waals surface area contributed by atoms with Crippen LogP contribution in [-0.4, -0.2) is 16.4 Å². The second-order valence-corrected chi connectivity index (χ2v) is 5.27. The standard InChI is InChI=1S/C13H11BrN2O3/c14-10-5-8(6-17)1-4-11(10)18-7-12-15-13(19-16-12)9-2-3-9/h1,4-6,9H,2-3,7H2. The van der Waals surface area contributed by atoms with E-state index in [1.165, 1.54) is 0 Å². The summed E-state index contributed by atoms with van der Waals surface area (Å²) in [4.78, 5) is 14.9. The molecule has 0 amide bonds. The average Bonchev–Trinajstić information content (AvgIpc) is 3.17. The van der Waals surface area contributed by atoms with E-state index in [0.717, 1.165) is 23.6 Å². The molecule has 0 spiro atoms. The van der Waals surface area contributed by atoms with Crippen LogP contribution < -0.4 is 4.74 Å². The molecule has 0 unspecified atom stereocenters. The summed E-state index contributed by atoms with van der Waals surface area (Å²) < 4.78 is 11.5. The van der Waals surface area contributed by atoms with Crippen molar-refractivity contribution in [2.75, 3.05) is 0 Å². The van der Waals surface area contributed by atoms with Gasteiger partial charge in [0, 0.05) is 11.5 Å². The molecule has 0 saturated heterocycles. The summed E-state index contributed by atoms with van der Waals surface area (Å²) in [6.45, 7) is 0.245. The minimum absolute atomic E-state index is 0.245. The zero-order chi connectivity index (χ0) is 13.2. The lowest BCUT2D eigenvalue weighted by Gasteiger charge is -2.05. The van der Waals surface area contributed by atoms with Gasteiger partial charge in [0.05, 0.1) is 4.47 Å². The number of carbonyl (C=O) groups is 1. The topological polar surface area (TPSA) is 65.2 Å².